The molecule has 33 heavy (non-hydrogen) atoms. The van der Waals surface area contributed by atoms with Gasteiger partial charge in [-0.3, -0.25) is 4.90 Å². The lowest BCUT2D eigenvalue weighted by molar-refractivity contribution is -0.229. The molecule has 1 aromatic carbocycles. The molecule has 1 aliphatic carbocycles. The van der Waals surface area contributed by atoms with E-state index >= 15 is 0 Å². The first kappa shape index (κ1) is 26.1. The van der Waals surface area contributed by atoms with Crippen molar-refractivity contribution in [3.05, 3.63) is 42.0 Å². The molecular formula is C27H41F2NO3. The van der Waals surface area contributed by atoms with E-state index in [1.807, 2.05) is 12.1 Å². The zero-order chi connectivity index (χ0) is 23.7. The molecule has 1 N–H and O–H groups in total. The average molecular weight is 466 g/mol. The highest BCUT2D eigenvalue weighted by Crippen LogP contribution is 2.39. The van der Waals surface area contributed by atoms with Gasteiger partial charge in [-0.1, -0.05) is 44.9 Å². The molecule has 1 heterocycles. The minimum atomic E-state index is -3.22. The van der Waals surface area contributed by atoms with Crippen molar-refractivity contribution in [2.24, 2.45) is 5.92 Å². The molecule has 6 heteroatoms. The number of ether oxygens (including phenoxy) is 2. The van der Waals surface area contributed by atoms with Crippen molar-refractivity contribution in [3.8, 4) is 5.75 Å². The number of piperidine rings is 1. The molecule has 186 valence electrons. The zero-order valence-electron chi connectivity index (χ0n) is 20.1. The summed E-state index contributed by atoms with van der Waals surface area (Å²) in [5.41, 5.74) is 1.79. The summed E-state index contributed by atoms with van der Waals surface area (Å²) in [4.78, 5) is 2.28. The van der Waals surface area contributed by atoms with Crippen LogP contribution in [0.25, 0.3) is 0 Å². The summed E-state index contributed by atoms with van der Waals surface area (Å²) in [6, 6.07) is 7.05. The Morgan fingerprint density at radius 2 is 1.76 bits per heavy atom. The number of likely N-dealkylation sites (tertiary alicyclic amines) is 1. The Morgan fingerprint density at radius 1 is 1.09 bits per heavy atom. The second-order valence-corrected chi connectivity index (χ2v) is 9.72. The maximum atomic E-state index is 14.8. The number of hydrogen-bond acceptors (Lipinski definition) is 4. The predicted molar refractivity (Wildman–Crippen MR) is 128 cm³/mol. The highest BCUT2D eigenvalue weighted by molar-refractivity contribution is 5.27. The van der Waals surface area contributed by atoms with E-state index in [2.05, 4.69) is 18.4 Å². The normalized spacial score (nSPS) is 23.3. The summed E-state index contributed by atoms with van der Waals surface area (Å²) < 4.78 is 40.5. The Morgan fingerprint density at radius 3 is 2.39 bits per heavy atom. The number of hydrogen-bond donors (Lipinski definition) is 1. The SMILES string of the molecule is C=C(CN1CCCCC1)C(O)OC1CCC(C(F)(F)Oc2ccc(CCCCC)cc2)CC1. The van der Waals surface area contributed by atoms with E-state index in [0.717, 1.165) is 37.9 Å². The van der Waals surface area contributed by atoms with E-state index in [-0.39, 0.29) is 11.9 Å². The molecule has 1 aliphatic heterocycles. The molecule has 4 nitrogen and oxygen atoms in total. The molecule has 0 aromatic heterocycles. The zero-order valence-corrected chi connectivity index (χ0v) is 20.1. The Balaban J connectivity index is 1.41. The summed E-state index contributed by atoms with van der Waals surface area (Å²) in [7, 11) is 0. The van der Waals surface area contributed by atoms with Gasteiger partial charge in [-0.15, -0.1) is 0 Å². The van der Waals surface area contributed by atoms with Crippen LogP contribution in [-0.4, -0.2) is 48.1 Å². The van der Waals surface area contributed by atoms with Gasteiger partial charge in [0.1, 0.15) is 5.75 Å². The summed E-state index contributed by atoms with van der Waals surface area (Å²) in [6.45, 7) is 8.81. The van der Waals surface area contributed by atoms with Crippen molar-refractivity contribution < 1.29 is 23.4 Å². The van der Waals surface area contributed by atoms with Crippen molar-refractivity contribution >= 4 is 0 Å². The monoisotopic (exact) mass is 465 g/mol. The Hall–Kier alpha value is -1.50. The first-order valence-electron chi connectivity index (χ1n) is 12.8. The molecule has 1 saturated heterocycles. The number of halogens is 2. The van der Waals surface area contributed by atoms with Gasteiger partial charge < -0.3 is 14.6 Å². The summed E-state index contributed by atoms with van der Waals surface area (Å²) >= 11 is 0. The Bertz CT molecular complexity index is 711. The lowest BCUT2D eigenvalue weighted by Gasteiger charge is -2.34. The van der Waals surface area contributed by atoms with E-state index in [1.54, 1.807) is 12.1 Å². The molecule has 0 radical (unpaired) electrons. The van der Waals surface area contributed by atoms with Crippen LogP contribution in [0.1, 0.15) is 76.7 Å². The first-order chi connectivity index (χ1) is 15.9. The van der Waals surface area contributed by atoms with Crippen LogP contribution in [0.15, 0.2) is 36.4 Å². The highest BCUT2D eigenvalue weighted by atomic mass is 19.3. The number of alkyl halides is 2. The van der Waals surface area contributed by atoms with Gasteiger partial charge in [0.15, 0.2) is 6.29 Å². The minimum Gasteiger partial charge on any atom is -0.432 e. The summed E-state index contributed by atoms with van der Waals surface area (Å²) in [6.07, 6.45) is 5.09. The predicted octanol–water partition coefficient (Wildman–Crippen LogP) is 6.33. The molecule has 1 aromatic rings. The lowest BCUT2D eigenvalue weighted by Crippen LogP contribution is -2.40. The van der Waals surface area contributed by atoms with Crippen molar-refractivity contribution in [1.82, 2.24) is 4.90 Å². The molecule has 0 spiro atoms. The maximum Gasteiger partial charge on any atom is 0.400 e. The van der Waals surface area contributed by atoms with Gasteiger partial charge >= 0.3 is 6.11 Å². The maximum absolute atomic E-state index is 14.8. The quantitative estimate of drug-likeness (QED) is 0.223. The number of nitrogens with zero attached hydrogens (tertiary/aromatic N) is 1. The third kappa shape index (κ3) is 8.34. The molecule has 0 bridgehead atoms. The molecular weight excluding hydrogens is 424 g/mol. The number of unbranched alkanes of at least 4 members (excludes halogenated alkanes) is 2. The molecule has 0 amide bonds. The van der Waals surface area contributed by atoms with E-state index < -0.39 is 18.3 Å². The van der Waals surface area contributed by atoms with Gasteiger partial charge in [0.05, 0.1) is 12.0 Å². The van der Waals surface area contributed by atoms with Crippen LogP contribution in [0, 0.1) is 5.92 Å². The molecule has 1 unspecified atom stereocenters. The topological polar surface area (TPSA) is 41.9 Å². The Kier molecular flexibility index (Phi) is 10.1. The van der Waals surface area contributed by atoms with E-state index in [4.69, 9.17) is 9.47 Å². The van der Waals surface area contributed by atoms with Crippen LogP contribution < -0.4 is 4.74 Å². The molecule has 3 rings (SSSR count). The Labute approximate surface area is 198 Å². The van der Waals surface area contributed by atoms with Crippen molar-refractivity contribution in [3.63, 3.8) is 0 Å². The fourth-order valence-corrected chi connectivity index (χ4v) is 4.84. The molecule has 2 aliphatic rings. The van der Waals surface area contributed by atoms with Crippen molar-refractivity contribution in [1.29, 1.82) is 0 Å². The van der Waals surface area contributed by atoms with Gasteiger partial charge in [-0.25, -0.2) is 0 Å². The van der Waals surface area contributed by atoms with Gasteiger partial charge in [0.25, 0.3) is 0 Å². The smallest absolute Gasteiger partial charge is 0.400 e. The van der Waals surface area contributed by atoms with E-state index in [0.29, 0.717) is 37.8 Å². The average Bonchev–Trinajstić information content (AvgIpc) is 2.81. The second-order valence-electron chi connectivity index (χ2n) is 9.72. The van der Waals surface area contributed by atoms with E-state index in [9.17, 15) is 13.9 Å². The number of aliphatic hydroxyl groups is 1. The fraction of sp³-hybridized carbons (Fsp3) is 0.704. The molecule has 1 atom stereocenters. The highest BCUT2D eigenvalue weighted by Gasteiger charge is 2.44. The third-order valence-electron chi connectivity index (χ3n) is 6.94. The molecule has 2 fully saturated rings. The van der Waals surface area contributed by atoms with Crippen molar-refractivity contribution in [2.45, 2.75) is 96.1 Å². The van der Waals surface area contributed by atoms with E-state index in [1.165, 1.54) is 25.7 Å². The second kappa shape index (κ2) is 12.8. The number of aryl methyl sites for hydroxylation is 1. The molecule has 1 saturated carbocycles. The minimum absolute atomic E-state index is 0.210. The van der Waals surface area contributed by atoms with Crippen LogP contribution in [-0.2, 0) is 11.2 Å². The van der Waals surface area contributed by atoms with Crippen LogP contribution in [0.4, 0.5) is 8.78 Å². The van der Waals surface area contributed by atoms with Gasteiger partial charge in [-0.2, -0.15) is 8.78 Å². The number of rotatable bonds is 12. The summed E-state index contributed by atoms with van der Waals surface area (Å²) in [5, 5.41) is 10.4. The lowest BCUT2D eigenvalue weighted by atomic mass is 9.86. The van der Waals surface area contributed by atoms with Crippen LogP contribution >= 0.6 is 0 Å². The van der Waals surface area contributed by atoms with Crippen LogP contribution in [0.3, 0.4) is 0 Å². The van der Waals surface area contributed by atoms with Crippen molar-refractivity contribution in [2.75, 3.05) is 19.6 Å². The first-order valence-corrected chi connectivity index (χ1v) is 12.8. The van der Waals surface area contributed by atoms with Gasteiger partial charge in [0, 0.05) is 6.54 Å². The summed E-state index contributed by atoms with van der Waals surface area (Å²) in [5.74, 6) is -0.641. The van der Waals surface area contributed by atoms with Gasteiger partial charge in [0.2, 0.25) is 0 Å². The largest absolute Gasteiger partial charge is 0.432 e. The number of benzene rings is 1. The number of aliphatic hydroxyl groups excluding tert-OH is 1. The van der Waals surface area contributed by atoms with Crippen LogP contribution in [0.2, 0.25) is 0 Å². The van der Waals surface area contributed by atoms with Gasteiger partial charge in [-0.05, 0) is 87.7 Å². The third-order valence-corrected chi connectivity index (χ3v) is 6.94. The standard InChI is InChI=1S/C27H41F2NO3/c1-3-4-6-9-22-10-14-25(15-11-22)33-27(28,29)23-12-16-24(17-13-23)32-26(31)21(2)20-30-18-7-5-8-19-30/h10-11,14-15,23-24,26,31H,2-9,12-13,16-20H2,1H3. The van der Waals surface area contributed by atoms with Crippen LogP contribution in [0.5, 0.6) is 5.75 Å². The fourth-order valence-electron chi connectivity index (χ4n) is 4.84.